The average molecular weight is 149 g/mol. The molecule has 1 rings (SSSR count). The first kappa shape index (κ1) is 8.58. The molecule has 0 saturated carbocycles. The van der Waals surface area contributed by atoms with Crippen LogP contribution in [-0.4, -0.2) is 0 Å². The Morgan fingerprint density at radius 3 is 2.00 bits per heavy atom. The summed E-state index contributed by atoms with van der Waals surface area (Å²) in [7, 11) is 0. The van der Waals surface area contributed by atoms with Crippen LogP contribution < -0.4 is 0 Å². The predicted octanol–water partition coefficient (Wildman–Crippen LogP) is 3.50. The van der Waals surface area contributed by atoms with Gasteiger partial charge in [-0.25, -0.2) is 0 Å². The van der Waals surface area contributed by atoms with E-state index < -0.39 is 0 Å². The van der Waals surface area contributed by atoms with Gasteiger partial charge in [0.15, 0.2) is 0 Å². The lowest BCUT2D eigenvalue weighted by Crippen LogP contribution is -2.11. The summed E-state index contributed by atoms with van der Waals surface area (Å²) in [5.41, 5.74) is 4.51. The first-order chi connectivity index (χ1) is 5.01. The van der Waals surface area contributed by atoms with Crippen molar-refractivity contribution in [3.05, 3.63) is 22.8 Å². The van der Waals surface area contributed by atoms with Crippen LogP contribution in [0.5, 0.6) is 0 Å². The maximum Gasteiger partial charge on any atom is 0.0140 e. The average Bonchev–Trinajstić information content (AvgIpc) is 2.17. The molecule has 0 aromatic carbocycles. The summed E-state index contributed by atoms with van der Waals surface area (Å²) < 4.78 is 0. The minimum absolute atomic E-state index is 0.230. The van der Waals surface area contributed by atoms with Crippen molar-refractivity contribution in [2.45, 2.75) is 41.0 Å². The quantitative estimate of drug-likeness (QED) is 0.535. The summed E-state index contributed by atoms with van der Waals surface area (Å²) in [6.45, 7) is 11.1. The third kappa shape index (κ3) is 1.15. The van der Waals surface area contributed by atoms with Crippen LogP contribution in [0.2, 0.25) is 0 Å². The van der Waals surface area contributed by atoms with E-state index in [-0.39, 0.29) is 5.41 Å². The lowest BCUT2D eigenvalue weighted by molar-refractivity contribution is 0.484. The minimum atomic E-state index is 0.230. The smallest absolute Gasteiger partial charge is 0.0140 e. The van der Waals surface area contributed by atoms with Gasteiger partial charge in [0.1, 0.15) is 0 Å². The van der Waals surface area contributed by atoms with E-state index in [4.69, 9.17) is 0 Å². The fourth-order valence-corrected chi connectivity index (χ4v) is 1.65. The summed E-state index contributed by atoms with van der Waals surface area (Å²) in [6, 6.07) is 0. The van der Waals surface area contributed by atoms with E-state index in [0.29, 0.717) is 0 Å². The Hall–Kier alpha value is -0.520. The van der Waals surface area contributed by atoms with E-state index in [1.807, 2.05) is 0 Å². The van der Waals surface area contributed by atoms with Crippen molar-refractivity contribution in [3.8, 4) is 0 Å². The first-order valence-electron chi connectivity index (χ1n) is 4.31. The van der Waals surface area contributed by atoms with E-state index in [1.165, 1.54) is 16.7 Å². The zero-order valence-electron chi connectivity index (χ0n) is 8.21. The Morgan fingerprint density at radius 2 is 1.82 bits per heavy atom. The molecule has 11 heavy (non-hydrogen) atoms. The molecule has 0 nitrogen and oxygen atoms in total. The molecule has 0 spiro atoms. The van der Waals surface area contributed by atoms with Gasteiger partial charge in [0.05, 0.1) is 0 Å². The normalized spacial score (nSPS) is 31.2. The molecular weight excluding hydrogens is 132 g/mol. The number of hydrogen-bond acceptors (Lipinski definition) is 0. The van der Waals surface area contributed by atoms with Crippen LogP contribution in [0.3, 0.4) is 0 Å². The highest BCUT2D eigenvalue weighted by Crippen LogP contribution is 2.41. The molecule has 1 atom stereocenters. The van der Waals surface area contributed by atoms with Crippen LogP contribution >= 0.6 is 0 Å². The highest BCUT2D eigenvalue weighted by atomic mass is 14.3. The van der Waals surface area contributed by atoms with E-state index in [1.54, 1.807) is 0 Å². The van der Waals surface area contributed by atoms with Gasteiger partial charge in [-0.15, -0.1) is 0 Å². The fourth-order valence-electron chi connectivity index (χ4n) is 1.65. The monoisotopic (exact) mass is 149 g/mol. The minimum Gasteiger partial charge on any atom is -0.0642 e. The van der Waals surface area contributed by atoms with E-state index in [2.05, 4.69) is 40.7 Å². The highest BCUT2D eigenvalue weighted by Gasteiger charge is 2.28. The molecule has 1 unspecified atom stereocenters. The second kappa shape index (κ2) is 2.51. The Bertz CT molecular complexity index is 230. The fraction of sp³-hybridized carbons (Fsp3) is 0.636. The van der Waals surface area contributed by atoms with Gasteiger partial charge in [-0.1, -0.05) is 19.4 Å². The first-order valence-corrected chi connectivity index (χ1v) is 4.31. The molecule has 0 heteroatoms. The molecule has 0 aromatic rings. The SMILES string of the molecule is CCC1(C)[C]=C(C)C(C)=C1C. The van der Waals surface area contributed by atoms with E-state index in [9.17, 15) is 0 Å². The van der Waals surface area contributed by atoms with Crippen LogP contribution in [0.15, 0.2) is 16.7 Å². The molecule has 61 valence electrons. The zero-order chi connectivity index (χ0) is 8.65. The van der Waals surface area contributed by atoms with Crippen molar-refractivity contribution in [3.63, 3.8) is 0 Å². The van der Waals surface area contributed by atoms with Gasteiger partial charge in [0.25, 0.3) is 0 Å². The van der Waals surface area contributed by atoms with Gasteiger partial charge in [0, 0.05) is 5.41 Å². The molecule has 0 saturated heterocycles. The standard InChI is InChI=1S/C11H17/c1-6-11(5)7-8(2)9(3)10(11)4/h6H2,1-5H3. The maximum atomic E-state index is 3.52. The molecule has 0 bridgehead atoms. The van der Waals surface area contributed by atoms with Gasteiger partial charge in [0.2, 0.25) is 0 Å². The van der Waals surface area contributed by atoms with Gasteiger partial charge in [-0.2, -0.15) is 0 Å². The second-order valence-corrected chi connectivity index (χ2v) is 3.69. The Balaban J connectivity index is 3.09. The Labute approximate surface area is 70.0 Å². The van der Waals surface area contributed by atoms with Gasteiger partial charge >= 0.3 is 0 Å². The van der Waals surface area contributed by atoms with Crippen molar-refractivity contribution >= 4 is 0 Å². The summed E-state index contributed by atoms with van der Waals surface area (Å²) in [5.74, 6) is 0. The van der Waals surface area contributed by atoms with Crippen LogP contribution in [0.25, 0.3) is 0 Å². The van der Waals surface area contributed by atoms with E-state index in [0.717, 1.165) is 6.42 Å². The Morgan fingerprint density at radius 1 is 1.27 bits per heavy atom. The molecule has 0 N–H and O–H groups in total. The van der Waals surface area contributed by atoms with Gasteiger partial charge in [-0.05, 0) is 44.4 Å². The van der Waals surface area contributed by atoms with Crippen molar-refractivity contribution in [1.29, 1.82) is 0 Å². The predicted molar refractivity (Wildman–Crippen MR) is 49.2 cm³/mol. The molecule has 1 aliphatic rings. The molecule has 0 aromatic heterocycles. The van der Waals surface area contributed by atoms with Crippen LogP contribution in [-0.2, 0) is 0 Å². The number of hydrogen-bond donors (Lipinski definition) is 0. The number of allylic oxidation sites excluding steroid dienone is 4. The zero-order valence-corrected chi connectivity index (χ0v) is 8.21. The van der Waals surface area contributed by atoms with Crippen LogP contribution in [0.4, 0.5) is 0 Å². The topological polar surface area (TPSA) is 0 Å². The largest absolute Gasteiger partial charge is 0.0642 e. The number of rotatable bonds is 1. The molecule has 0 aliphatic heterocycles. The van der Waals surface area contributed by atoms with Crippen molar-refractivity contribution in [1.82, 2.24) is 0 Å². The maximum absolute atomic E-state index is 3.52. The van der Waals surface area contributed by atoms with Crippen LogP contribution in [0.1, 0.15) is 41.0 Å². The van der Waals surface area contributed by atoms with E-state index >= 15 is 0 Å². The van der Waals surface area contributed by atoms with Crippen molar-refractivity contribution < 1.29 is 0 Å². The molecular formula is C11H17. The summed E-state index contributed by atoms with van der Waals surface area (Å²) in [5, 5.41) is 0. The molecule has 0 amide bonds. The molecule has 1 radical (unpaired) electrons. The summed E-state index contributed by atoms with van der Waals surface area (Å²) >= 11 is 0. The van der Waals surface area contributed by atoms with Crippen molar-refractivity contribution in [2.75, 3.05) is 0 Å². The second-order valence-electron chi connectivity index (χ2n) is 3.69. The van der Waals surface area contributed by atoms with Crippen LogP contribution in [0, 0.1) is 11.5 Å². The third-order valence-electron chi connectivity index (χ3n) is 3.12. The highest BCUT2D eigenvalue weighted by molar-refractivity contribution is 5.41. The lowest BCUT2D eigenvalue weighted by Gasteiger charge is -2.21. The van der Waals surface area contributed by atoms with Gasteiger partial charge < -0.3 is 0 Å². The summed E-state index contributed by atoms with van der Waals surface area (Å²) in [4.78, 5) is 0. The van der Waals surface area contributed by atoms with Crippen molar-refractivity contribution in [2.24, 2.45) is 5.41 Å². The Kier molecular flexibility index (Phi) is 1.96. The summed E-state index contributed by atoms with van der Waals surface area (Å²) in [6.07, 6.45) is 4.68. The third-order valence-corrected chi connectivity index (χ3v) is 3.12. The molecule has 1 aliphatic carbocycles. The van der Waals surface area contributed by atoms with Gasteiger partial charge in [-0.3, -0.25) is 0 Å². The molecule has 0 heterocycles. The molecule has 0 fully saturated rings. The lowest BCUT2D eigenvalue weighted by atomic mass is 9.82.